The average Bonchev–Trinajstić information content (AvgIpc) is 3.89. The number of furan rings is 2. The van der Waals surface area contributed by atoms with Crippen LogP contribution in [0.15, 0.2) is 173 Å². The van der Waals surface area contributed by atoms with Crippen LogP contribution in [0.2, 0.25) is 0 Å². The fourth-order valence-electron chi connectivity index (χ4n) is 8.49. The second-order valence-electron chi connectivity index (χ2n) is 13.6. The van der Waals surface area contributed by atoms with Crippen LogP contribution in [-0.2, 0) is 0 Å². The van der Waals surface area contributed by atoms with Crippen molar-refractivity contribution < 1.29 is 8.83 Å². The van der Waals surface area contributed by atoms with E-state index in [4.69, 9.17) is 8.83 Å². The molecule has 0 amide bonds. The summed E-state index contributed by atoms with van der Waals surface area (Å²) in [5.74, 6) is 0. The number of nitrogens with zero attached hydrogens (tertiary/aromatic N) is 1. The van der Waals surface area contributed by atoms with Crippen molar-refractivity contribution in [3.8, 4) is 0 Å². The van der Waals surface area contributed by atoms with E-state index in [0.29, 0.717) is 0 Å². The maximum atomic E-state index is 6.67. The molecule has 52 heavy (non-hydrogen) atoms. The molecule has 0 aliphatic rings. The van der Waals surface area contributed by atoms with E-state index < -0.39 is 0 Å². The molecule has 0 saturated heterocycles. The number of hydrogen-bond acceptors (Lipinski definition) is 4. The fourth-order valence-corrected chi connectivity index (χ4v) is 9.61. The average molecular weight is 682 g/mol. The summed E-state index contributed by atoms with van der Waals surface area (Å²) in [5, 5.41) is 14.6. The quantitative estimate of drug-likeness (QED) is 0.174. The Hall–Kier alpha value is -6.62. The van der Waals surface area contributed by atoms with Crippen LogP contribution >= 0.6 is 11.3 Å². The van der Waals surface area contributed by atoms with Gasteiger partial charge in [0.1, 0.15) is 16.7 Å². The molecule has 4 heteroatoms. The molecule has 3 aromatic heterocycles. The fraction of sp³-hybridized carbons (Fsp3) is 0. The lowest BCUT2D eigenvalue weighted by molar-refractivity contribution is 0.669. The molecule has 0 aliphatic heterocycles. The van der Waals surface area contributed by atoms with Crippen LogP contribution in [0.1, 0.15) is 0 Å². The Morgan fingerprint density at radius 1 is 0.327 bits per heavy atom. The van der Waals surface area contributed by atoms with Crippen molar-refractivity contribution in [2.24, 2.45) is 0 Å². The van der Waals surface area contributed by atoms with Gasteiger partial charge in [-0.15, -0.1) is 11.3 Å². The van der Waals surface area contributed by atoms with E-state index in [1.165, 1.54) is 52.5 Å². The summed E-state index contributed by atoms with van der Waals surface area (Å²) in [4.78, 5) is 2.35. The van der Waals surface area contributed by atoms with Crippen molar-refractivity contribution in [3.05, 3.63) is 164 Å². The van der Waals surface area contributed by atoms with Crippen LogP contribution in [0, 0.1) is 0 Å². The third kappa shape index (κ3) is 3.90. The van der Waals surface area contributed by atoms with Gasteiger partial charge in [0.05, 0.1) is 5.69 Å². The molecular weight excluding hydrogens is 655 g/mol. The highest BCUT2D eigenvalue weighted by Gasteiger charge is 2.22. The lowest BCUT2D eigenvalue weighted by Crippen LogP contribution is -2.10. The highest BCUT2D eigenvalue weighted by Crippen LogP contribution is 2.47. The number of rotatable bonds is 3. The van der Waals surface area contributed by atoms with Gasteiger partial charge in [0, 0.05) is 53.1 Å². The van der Waals surface area contributed by atoms with Crippen LogP contribution in [-0.4, -0.2) is 0 Å². The minimum atomic E-state index is 0.858. The van der Waals surface area contributed by atoms with E-state index in [1.807, 2.05) is 35.6 Å². The van der Waals surface area contributed by atoms with E-state index in [9.17, 15) is 0 Å². The monoisotopic (exact) mass is 681 g/mol. The molecule has 3 nitrogen and oxygen atoms in total. The molecule has 0 N–H and O–H groups in total. The van der Waals surface area contributed by atoms with Crippen LogP contribution in [0.3, 0.4) is 0 Å². The predicted octanol–water partition coefficient (Wildman–Crippen LogP) is 14.8. The van der Waals surface area contributed by atoms with Gasteiger partial charge in [0.25, 0.3) is 0 Å². The van der Waals surface area contributed by atoms with E-state index >= 15 is 0 Å². The number of fused-ring (bicyclic) bond motifs is 15. The number of benzene rings is 9. The molecule has 0 unspecified atom stereocenters. The van der Waals surface area contributed by atoms with Gasteiger partial charge in [-0.05, 0) is 99.0 Å². The summed E-state index contributed by atoms with van der Waals surface area (Å²) >= 11 is 1.87. The van der Waals surface area contributed by atoms with Gasteiger partial charge in [-0.3, -0.25) is 0 Å². The molecule has 9 aromatic carbocycles. The zero-order valence-corrected chi connectivity index (χ0v) is 28.6. The summed E-state index contributed by atoms with van der Waals surface area (Å²) in [6, 6.07) is 58.9. The van der Waals surface area contributed by atoms with E-state index in [2.05, 4.69) is 144 Å². The first kappa shape index (κ1) is 28.1. The Labute approximate surface area is 301 Å². The van der Waals surface area contributed by atoms with Crippen LogP contribution < -0.4 is 4.90 Å². The first-order chi connectivity index (χ1) is 25.8. The molecule has 0 saturated carbocycles. The van der Waals surface area contributed by atoms with Crippen molar-refractivity contribution in [2.45, 2.75) is 0 Å². The number of thiophene rings is 1. The van der Waals surface area contributed by atoms with Gasteiger partial charge >= 0.3 is 0 Å². The van der Waals surface area contributed by atoms with Crippen molar-refractivity contribution >= 4 is 125 Å². The summed E-state index contributed by atoms with van der Waals surface area (Å²) in [6.07, 6.45) is 0. The van der Waals surface area contributed by atoms with Crippen molar-refractivity contribution in [3.63, 3.8) is 0 Å². The minimum Gasteiger partial charge on any atom is -0.456 e. The predicted molar refractivity (Wildman–Crippen MR) is 221 cm³/mol. The molecule has 12 rings (SSSR count). The Morgan fingerprint density at radius 3 is 1.69 bits per heavy atom. The van der Waals surface area contributed by atoms with Crippen LogP contribution in [0.25, 0.3) is 96.4 Å². The Kier molecular flexibility index (Phi) is 5.65. The molecule has 0 radical (unpaired) electrons. The van der Waals surface area contributed by atoms with Crippen molar-refractivity contribution in [1.82, 2.24) is 0 Å². The smallest absolute Gasteiger partial charge is 0.159 e. The third-order valence-corrected chi connectivity index (χ3v) is 12.0. The van der Waals surface area contributed by atoms with Gasteiger partial charge in [-0.1, -0.05) is 97.1 Å². The molecule has 0 fully saturated rings. The maximum Gasteiger partial charge on any atom is 0.159 e. The van der Waals surface area contributed by atoms with E-state index in [-0.39, 0.29) is 0 Å². The van der Waals surface area contributed by atoms with Crippen LogP contribution in [0.4, 0.5) is 17.1 Å². The van der Waals surface area contributed by atoms with Gasteiger partial charge in [0.2, 0.25) is 0 Å². The topological polar surface area (TPSA) is 29.5 Å². The largest absolute Gasteiger partial charge is 0.456 e. The SMILES string of the molecule is c1ccc2c(c1)oc1ccc(N(c3ccc4c(c3)c3ccccc3c3cc5c(cc43)sc3ccccc35)c3cccc4c3oc3ccccc34)cc12. The third-order valence-electron chi connectivity index (χ3n) is 10.8. The second kappa shape index (κ2) is 10.5. The summed E-state index contributed by atoms with van der Waals surface area (Å²) in [5.41, 5.74) is 6.56. The summed E-state index contributed by atoms with van der Waals surface area (Å²) in [6.45, 7) is 0. The zero-order valence-electron chi connectivity index (χ0n) is 27.8. The first-order valence-corrected chi connectivity index (χ1v) is 18.4. The van der Waals surface area contributed by atoms with Crippen LogP contribution in [0.5, 0.6) is 0 Å². The van der Waals surface area contributed by atoms with E-state index in [1.54, 1.807) is 0 Å². The van der Waals surface area contributed by atoms with Gasteiger partial charge in [0.15, 0.2) is 5.58 Å². The molecule has 0 aliphatic carbocycles. The highest BCUT2D eigenvalue weighted by molar-refractivity contribution is 7.25. The number of para-hydroxylation sites is 3. The summed E-state index contributed by atoms with van der Waals surface area (Å²) in [7, 11) is 0. The minimum absolute atomic E-state index is 0.858. The Bertz CT molecular complexity index is 3440. The maximum absolute atomic E-state index is 6.67. The van der Waals surface area contributed by atoms with E-state index in [0.717, 1.165) is 60.9 Å². The Morgan fingerprint density at radius 2 is 0.885 bits per heavy atom. The normalized spacial score (nSPS) is 12.2. The second-order valence-corrected chi connectivity index (χ2v) is 14.7. The standard InChI is InChI=1S/C48H27NO2S/c1-2-11-31-30(10-1)37-24-28(20-22-32(37)39-27-47-41(26-38(31)39)35-14-5-8-19-46(35)52-47)49(29-21-23-45-40(25-29)34-13-4-6-17-43(34)50-45)42-16-9-15-36-33-12-3-7-18-44(33)51-48(36)42/h1-27H. The molecule has 242 valence electrons. The van der Waals surface area contributed by atoms with Crippen molar-refractivity contribution in [2.75, 3.05) is 4.90 Å². The van der Waals surface area contributed by atoms with Gasteiger partial charge in [-0.2, -0.15) is 0 Å². The van der Waals surface area contributed by atoms with Crippen molar-refractivity contribution in [1.29, 1.82) is 0 Å². The lowest BCUT2D eigenvalue weighted by atomic mass is 9.93. The first-order valence-electron chi connectivity index (χ1n) is 17.6. The van der Waals surface area contributed by atoms with Gasteiger partial charge in [-0.25, -0.2) is 0 Å². The molecule has 0 atom stereocenters. The highest BCUT2D eigenvalue weighted by atomic mass is 32.1. The molecule has 3 heterocycles. The molecule has 0 bridgehead atoms. The molecule has 12 aromatic rings. The number of hydrogen-bond donors (Lipinski definition) is 0. The number of anilines is 3. The summed E-state index contributed by atoms with van der Waals surface area (Å²) < 4.78 is 15.6. The molecular formula is C48H27NO2S. The lowest BCUT2D eigenvalue weighted by Gasteiger charge is -2.26. The zero-order chi connectivity index (χ0) is 33.9. The Balaban J connectivity index is 1.17. The van der Waals surface area contributed by atoms with Gasteiger partial charge < -0.3 is 13.7 Å². The molecule has 0 spiro atoms.